The van der Waals surface area contributed by atoms with Gasteiger partial charge in [0.1, 0.15) is 0 Å². The van der Waals surface area contributed by atoms with Crippen molar-refractivity contribution >= 4 is 5.91 Å². The van der Waals surface area contributed by atoms with E-state index in [0.29, 0.717) is 30.5 Å². The van der Waals surface area contributed by atoms with E-state index >= 15 is 0 Å². The summed E-state index contributed by atoms with van der Waals surface area (Å²) in [5, 5.41) is 3.46. The maximum atomic E-state index is 12.3. The predicted octanol–water partition coefficient (Wildman–Crippen LogP) is 1.07. The molecule has 0 aliphatic carbocycles. The summed E-state index contributed by atoms with van der Waals surface area (Å²) in [6, 6.07) is 1.35. The number of carbonyl (C=O) groups is 1. The first-order valence-corrected chi connectivity index (χ1v) is 7.31. The van der Waals surface area contributed by atoms with E-state index in [4.69, 9.17) is 0 Å². The molecular weight excluding hydrogens is 226 g/mol. The Bertz CT molecular complexity index is 277. The Morgan fingerprint density at radius 1 is 1.22 bits per heavy atom. The van der Waals surface area contributed by atoms with Crippen molar-refractivity contribution in [3.8, 4) is 0 Å². The average Bonchev–Trinajstić information content (AvgIpc) is 2.36. The van der Waals surface area contributed by atoms with E-state index in [2.05, 4.69) is 36.0 Å². The highest BCUT2D eigenvalue weighted by Crippen LogP contribution is 2.16. The van der Waals surface area contributed by atoms with E-state index in [1.54, 1.807) is 0 Å². The summed E-state index contributed by atoms with van der Waals surface area (Å²) in [4.78, 5) is 16.8. The van der Waals surface area contributed by atoms with Crippen molar-refractivity contribution in [2.75, 3.05) is 26.7 Å². The number of likely N-dealkylation sites (N-methyl/N-ethyl adjacent to an activating group) is 1. The van der Waals surface area contributed by atoms with Crippen molar-refractivity contribution in [2.45, 2.75) is 57.7 Å². The fraction of sp³-hybridized carbons (Fsp3) is 0.929. The summed E-state index contributed by atoms with van der Waals surface area (Å²) in [7, 11) is 2.15. The smallest absolute Gasteiger partial charge is 0.224 e. The largest absolute Gasteiger partial charge is 0.340 e. The lowest BCUT2D eigenvalue weighted by atomic mass is 10.0. The van der Waals surface area contributed by atoms with Crippen LogP contribution in [-0.2, 0) is 4.79 Å². The number of hydrogen-bond acceptors (Lipinski definition) is 3. The summed E-state index contributed by atoms with van der Waals surface area (Å²) in [6.45, 7) is 7.25. The Morgan fingerprint density at radius 2 is 1.89 bits per heavy atom. The first kappa shape index (κ1) is 13.8. The summed E-state index contributed by atoms with van der Waals surface area (Å²) in [5.41, 5.74) is 0. The van der Waals surface area contributed by atoms with Crippen LogP contribution in [0.3, 0.4) is 0 Å². The molecule has 3 unspecified atom stereocenters. The minimum Gasteiger partial charge on any atom is -0.340 e. The second kappa shape index (κ2) is 6.02. The molecule has 0 bridgehead atoms. The molecule has 0 radical (unpaired) electrons. The normalized spacial score (nSPS) is 34.6. The maximum absolute atomic E-state index is 12.3. The van der Waals surface area contributed by atoms with Gasteiger partial charge in [-0.05, 0) is 40.3 Å². The standard InChI is InChI=1S/C14H27N3O/c1-11-9-17(10-12(2)16(11)3)14(18)8-13-6-4-5-7-15-13/h11-13,15H,4-10H2,1-3H3. The van der Waals surface area contributed by atoms with Crippen LogP contribution in [0, 0.1) is 0 Å². The van der Waals surface area contributed by atoms with Crippen LogP contribution >= 0.6 is 0 Å². The lowest BCUT2D eigenvalue weighted by molar-refractivity contribution is -0.135. The molecule has 18 heavy (non-hydrogen) atoms. The highest BCUT2D eigenvalue weighted by atomic mass is 16.2. The number of carbonyl (C=O) groups excluding carboxylic acids is 1. The molecule has 2 heterocycles. The van der Waals surface area contributed by atoms with Gasteiger partial charge < -0.3 is 10.2 Å². The van der Waals surface area contributed by atoms with E-state index in [1.807, 2.05) is 0 Å². The van der Waals surface area contributed by atoms with Crippen molar-refractivity contribution in [1.82, 2.24) is 15.1 Å². The van der Waals surface area contributed by atoms with Crippen LogP contribution in [0.1, 0.15) is 39.5 Å². The molecule has 3 atom stereocenters. The number of piperazine rings is 1. The lowest BCUT2D eigenvalue weighted by Gasteiger charge is -2.43. The molecule has 0 saturated carbocycles. The topological polar surface area (TPSA) is 35.6 Å². The molecule has 4 heteroatoms. The Balaban J connectivity index is 1.85. The fourth-order valence-corrected chi connectivity index (χ4v) is 3.05. The summed E-state index contributed by atoms with van der Waals surface area (Å²) < 4.78 is 0. The molecule has 2 aliphatic heterocycles. The second-order valence-electron chi connectivity index (χ2n) is 6.01. The molecule has 2 rings (SSSR count). The Labute approximate surface area is 111 Å². The number of rotatable bonds is 2. The molecule has 2 aliphatic rings. The zero-order chi connectivity index (χ0) is 13.1. The van der Waals surface area contributed by atoms with Crippen LogP contribution in [0.5, 0.6) is 0 Å². The van der Waals surface area contributed by atoms with Crippen LogP contribution in [-0.4, -0.2) is 60.5 Å². The van der Waals surface area contributed by atoms with Gasteiger partial charge in [-0.15, -0.1) is 0 Å². The van der Waals surface area contributed by atoms with E-state index in [9.17, 15) is 4.79 Å². The monoisotopic (exact) mass is 253 g/mol. The first-order valence-electron chi connectivity index (χ1n) is 7.31. The Hall–Kier alpha value is -0.610. The Kier molecular flexibility index (Phi) is 4.62. The predicted molar refractivity (Wildman–Crippen MR) is 73.5 cm³/mol. The molecule has 0 aromatic carbocycles. The van der Waals surface area contributed by atoms with Crippen molar-refractivity contribution in [1.29, 1.82) is 0 Å². The van der Waals surface area contributed by atoms with Gasteiger partial charge in [-0.25, -0.2) is 0 Å². The van der Waals surface area contributed by atoms with Gasteiger partial charge in [0.25, 0.3) is 0 Å². The van der Waals surface area contributed by atoms with Gasteiger partial charge in [-0.3, -0.25) is 9.69 Å². The summed E-state index contributed by atoms with van der Waals surface area (Å²) >= 11 is 0. The van der Waals surface area contributed by atoms with Crippen molar-refractivity contribution in [2.24, 2.45) is 0 Å². The van der Waals surface area contributed by atoms with Crippen molar-refractivity contribution in [3.05, 3.63) is 0 Å². The molecule has 0 aromatic rings. The van der Waals surface area contributed by atoms with Crippen molar-refractivity contribution < 1.29 is 4.79 Å². The minimum atomic E-state index is 0.334. The molecule has 4 nitrogen and oxygen atoms in total. The molecule has 0 spiro atoms. The lowest BCUT2D eigenvalue weighted by Crippen LogP contribution is -2.57. The van der Waals surface area contributed by atoms with Crippen LogP contribution in [0.15, 0.2) is 0 Å². The van der Waals surface area contributed by atoms with Gasteiger partial charge in [-0.2, -0.15) is 0 Å². The third-order valence-corrected chi connectivity index (χ3v) is 4.55. The van der Waals surface area contributed by atoms with E-state index in [1.165, 1.54) is 12.8 Å². The van der Waals surface area contributed by atoms with Crippen LogP contribution < -0.4 is 5.32 Å². The van der Waals surface area contributed by atoms with Crippen LogP contribution in [0.4, 0.5) is 0 Å². The van der Waals surface area contributed by atoms with Gasteiger partial charge in [0, 0.05) is 37.6 Å². The number of piperidine rings is 1. The average molecular weight is 253 g/mol. The van der Waals surface area contributed by atoms with Gasteiger partial charge >= 0.3 is 0 Å². The second-order valence-corrected chi connectivity index (χ2v) is 6.01. The maximum Gasteiger partial charge on any atom is 0.224 e. The molecular formula is C14H27N3O. The summed E-state index contributed by atoms with van der Waals surface area (Å²) in [6.07, 6.45) is 4.36. The minimum absolute atomic E-state index is 0.334. The van der Waals surface area contributed by atoms with Crippen LogP contribution in [0.2, 0.25) is 0 Å². The SMILES string of the molecule is CC1CN(C(=O)CC2CCCCN2)CC(C)N1C. The van der Waals surface area contributed by atoms with E-state index in [0.717, 1.165) is 26.1 Å². The van der Waals surface area contributed by atoms with Gasteiger partial charge in [0.15, 0.2) is 0 Å². The highest BCUT2D eigenvalue weighted by molar-refractivity contribution is 5.77. The number of nitrogens with one attached hydrogen (secondary N) is 1. The van der Waals surface area contributed by atoms with Gasteiger partial charge in [-0.1, -0.05) is 6.42 Å². The quantitative estimate of drug-likeness (QED) is 0.799. The summed E-state index contributed by atoms with van der Waals surface area (Å²) in [5.74, 6) is 0.334. The molecule has 2 saturated heterocycles. The zero-order valence-corrected chi connectivity index (χ0v) is 12.0. The Morgan fingerprint density at radius 3 is 2.44 bits per heavy atom. The van der Waals surface area contributed by atoms with E-state index in [-0.39, 0.29) is 0 Å². The number of amides is 1. The molecule has 1 amide bonds. The third-order valence-electron chi connectivity index (χ3n) is 4.55. The molecule has 1 N–H and O–H groups in total. The third kappa shape index (κ3) is 3.23. The zero-order valence-electron chi connectivity index (χ0n) is 12.0. The number of nitrogens with zero attached hydrogens (tertiary/aromatic N) is 2. The van der Waals surface area contributed by atoms with Gasteiger partial charge in [0.05, 0.1) is 0 Å². The number of hydrogen-bond donors (Lipinski definition) is 1. The fourth-order valence-electron chi connectivity index (χ4n) is 3.05. The molecule has 104 valence electrons. The van der Waals surface area contributed by atoms with E-state index < -0.39 is 0 Å². The van der Waals surface area contributed by atoms with Crippen molar-refractivity contribution in [3.63, 3.8) is 0 Å². The van der Waals surface area contributed by atoms with Crippen LogP contribution in [0.25, 0.3) is 0 Å². The van der Waals surface area contributed by atoms with Gasteiger partial charge in [0.2, 0.25) is 5.91 Å². The molecule has 2 fully saturated rings. The highest BCUT2D eigenvalue weighted by Gasteiger charge is 2.30. The molecule has 0 aromatic heterocycles. The first-order chi connectivity index (χ1) is 8.58.